The number of H-pyrrole nitrogens is 1. The minimum Gasteiger partial charge on any atom is -0.493 e. The number of hydrogen-bond acceptors (Lipinski definition) is 5. The molecule has 29 heavy (non-hydrogen) atoms. The van der Waals surface area contributed by atoms with Gasteiger partial charge in [0, 0.05) is 18.8 Å². The molecule has 0 aliphatic rings. The Morgan fingerprint density at radius 2 is 1.83 bits per heavy atom. The molecule has 0 fully saturated rings. The number of anilines is 1. The van der Waals surface area contributed by atoms with Crippen LogP contribution in [0.1, 0.15) is 23.6 Å². The minimum absolute atomic E-state index is 0.143. The first kappa shape index (κ1) is 19.8. The van der Waals surface area contributed by atoms with E-state index >= 15 is 0 Å². The molecule has 0 radical (unpaired) electrons. The molecular formula is C21H20N4O4. The van der Waals surface area contributed by atoms with Gasteiger partial charge in [-0.1, -0.05) is 17.7 Å². The number of carbonyl (C=O) groups is 1. The summed E-state index contributed by atoms with van der Waals surface area (Å²) in [7, 11) is 0. The first-order valence-electron chi connectivity index (χ1n) is 8.84. The Hall–Kier alpha value is -3.94. The summed E-state index contributed by atoms with van der Waals surface area (Å²) in [5, 5.41) is 13.3. The lowest BCUT2D eigenvalue weighted by molar-refractivity contribution is -0.114. The molecule has 3 rings (SSSR count). The summed E-state index contributed by atoms with van der Waals surface area (Å²) in [6.07, 6.45) is 1.20. The predicted octanol–water partition coefficient (Wildman–Crippen LogP) is 2.56. The number of aliphatic imine (C=N–C) groups is 1. The van der Waals surface area contributed by atoms with Gasteiger partial charge < -0.3 is 10.4 Å². The molecule has 8 heteroatoms. The molecule has 0 atom stereocenters. The number of rotatable bonds is 4. The van der Waals surface area contributed by atoms with Crippen LogP contribution in [-0.2, 0) is 4.79 Å². The van der Waals surface area contributed by atoms with Gasteiger partial charge in [0.1, 0.15) is 5.56 Å². The van der Waals surface area contributed by atoms with Crippen molar-refractivity contribution in [2.75, 3.05) is 5.32 Å². The summed E-state index contributed by atoms with van der Waals surface area (Å²) >= 11 is 0. The van der Waals surface area contributed by atoms with Crippen LogP contribution in [0.15, 0.2) is 57.0 Å². The van der Waals surface area contributed by atoms with Gasteiger partial charge in [0.25, 0.3) is 5.56 Å². The SMILES string of the molecule is CC(=O)Nc1ccc(N=Cc2c(O)n(-c3ccc(C)cc3C)c(=O)[nH]c2=O)cc1. The monoisotopic (exact) mass is 392 g/mol. The third-order valence-electron chi connectivity index (χ3n) is 4.24. The van der Waals surface area contributed by atoms with Gasteiger partial charge in [0.15, 0.2) is 0 Å². The van der Waals surface area contributed by atoms with Crippen molar-refractivity contribution in [3.8, 4) is 11.6 Å². The molecule has 8 nitrogen and oxygen atoms in total. The molecule has 1 aromatic heterocycles. The van der Waals surface area contributed by atoms with E-state index in [0.29, 0.717) is 17.1 Å². The molecule has 0 spiro atoms. The highest BCUT2D eigenvalue weighted by Crippen LogP contribution is 2.21. The van der Waals surface area contributed by atoms with Crippen molar-refractivity contribution in [2.24, 2.45) is 4.99 Å². The van der Waals surface area contributed by atoms with Crippen LogP contribution in [0.3, 0.4) is 0 Å². The average molecular weight is 392 g/mol. The van der Waals surface area contributed by atoms with Gasteiger partial charge in [-0.05, 0) is 49.7 Å². The molecule has 0 saturated heterocycles. The summed E-state index contributed by atoms with van der Waals surface area (Å²) in [5.41, 5.74) is 1.73. The van der Waals surface area contributed by atoms with Gasteiger partial charge in [-0.2, -0.15) is 0 Å². The summed E-state index contributed by atoms with van der Waals surface area (Å²) in [6, 6.07) is 12.0. The Kier molecular flexibility index (Phi) is 5.45. The van der Waals surface area contributed by atoms with Crippen molar-refractivity contribution in [3.05, 3.63) is 80.0 Å². The molecule has 3 N–H and O–H groups in total. The number of carbonyl (C=O) groups excluding carboxylic acids is 1. The molecule has 3 aromatic rings. The first-order chi connectivity index (χ1) is 13.8. The van der Waals surface area contributed by atoms with Gasteiger partial charge in [-0.3, -0.25) is 19.6 Å². The predicted molar refractivity (Wildman–Crippen MR) is 112 cm³/mol. The lowest BCUT2D eigenvalue weighted by Crippen LogP contribution is -2.31. The van der Waals surface area contributed by atoms with E-state index in [1.807, 2.05) is 26.0 Å². The molecule has 2 aromatic carbocycles. The van der Waals surface area contributed by atoms with Crippen molar-refractivity contribution in [1.29, 1.82) is 0 Å². The summed E-state index contributed by atoms with van der Waals surface area (Å²) in [6.45, 7) is 5.14. The number of amides is 1. The average Bonchev–Trinajstić information content (AvgIpc) is 2.64. The van der Waals surface area contributed by atoms with Gasteiger partial charge in [0.05, 0.1) is 11.4 Å². The van der Waals surface area contributed by atoms with Gasteiger partial charge in [-0.15, -0.1) is 0 Å². The van der Waals surface area contributed by atoms with Crippen molar-refractivity contribution in [3.63, 3.8) is 0 Å². The number of aromatic amines is 1. The topological polar surface area (TPSA) is 117 Å². The highest BCUT2D eigenvalue weighted by Gasteiger charge is 2.15. The first-order valence-corrected chi connectivity index (χ1v) is 8.84. The van der Waals surface area contributed by atoms with Crippen LogP contribution in [0, 0.1) is 13.8 Å². The van der Waals surface area contributed by atoms with E-state index in [4.69, 9.17) is 0 Å². The van der Waals surface area contributed by atoms with Crippen LogP contribution in [0.25, 0.3) is 5.69 Å². The fourth-order valence-electron chi connectivity index (χ4n) is 2.91. The third-order valence-corrected chi connectivity index (χ3v) is 4.24. The van der Waals surface area contributed by atoms with Crippen LogP contribution in [0.2, 0.25) is 0 Å². The number of benzene rings is 2. The van der Waals surface area contributed by atoms with Crippen molar-refractivity contribution >= 4 is 23.5 Å². The highest BCUT2D eigenvalue weighted by atomic mass is 16.3. The zero-order valence-electron chi connectivity index (χ0n) is 16.2. The van der Waals surface area contributed by atoms with Gasteiger partial charge in [-0.25, -0.2) is 9.36 Å². The second-order valence-electron chi connectivity index (χ2n) is 6.61. The number of nitrogens with one attached hydrogen (secondary N) is 2. The largest absolute Gasteiger partial charge is 0.493 e. The maximum absolute atomic E-state index is 12.3. The molecule has 0 aliphatic carbocycles. The zero-order valence-corrected chi connectivity index (χ0v) is 16.2. The maximum atomic E-state index is 12.3. The minimum atomic E-state index is -0.743. The quantitative estimate of drug-likeness (QED) is 0.592. The van der Waals surface area contributed by atoms with E-state index in [-0.39, 0.29) is 11.5 Å². The van der Waals surface area contributed by atoms with Crippen LogP contribution < -0.4 is 16.6 Å². The lowest BCUT2D eigenvalue weighted by atomic mass is 10.1. The molecular weight excluding hydrogens is 372 g/mol. The third kappa shape index (κ3) is 4.32. The summed E-state index contributed by atoms with van der Waals surface area (Å²) in [5.74, 6) is -0.685. The number of hydrogen-bond donors (Lipinski definition) is 3. The summed E-state index contributed by atoms with van der Waals surface area (Å²) in [4.78, 5) is 42.0. The van der Waals surface area contributed by atoms with Crippen LogP contribution in [0.5, 0.6) is 5.88 Å². The van der Waals surface area contributed by atoms with Crippen molar-refractivity contribution < 1.29 is 9.90 Å². The fraction of sp³-hybridized carbons (Fsp3) is 0.143. The van der Waals surface area contributed by atoms with E-state index in [2.05, 4.69) is 15.3 Å². The van der Waals surface area contributed by atoms with Crippen LogP contribution >= 0.6 is 0 Å². The highest BCUT2D eigenvalue weighted by molar-refractivity contribution is 5.89. The standard InChI is InChI=1S/C21H20N4O4/c1-12-4-9-18(13(2)10-12)25-20(28)17(19(27)24-21(25)29)11-22-15-5-7-16(8-6-15)23-14(3)26/h4-11,28H,1-3H3,(H,23,26)(H,24,27,29). The fourth-order valence-corrected chi connectivity index (χ4v) is 2.91. The number of aromatic hydroxyl groups is 1. The maximum Gasteiger partial charge on any atom is 0.335 e. The molecule has 0 saturated carbocycles. The Labute approximate surface area is 166 Å². The van der Waals surface area contributed by atoms with Crippen LogP contribution in [0.4, 0.5) is 11.4 Å². The molecule has 0 aliphatic heterocycles. The molecule has 1 amide bonds. The van der Waals surface area contributed by atoms with E-state index in [1.54, 1.807) is 30.3 Å². The van der Waals surface area contributed by atoms with Crippen molar-refractivity contribution in [2.45, 2.75) is 20.8 Å². The van der Waals surface area contributed by atoms with Crippen LogP contribution in [-0.4, -0.2) is 26.8 Å². The second kappa shape index (κ2) is 7.97. The normalized spacial score (nSPS) is 11.0. The van der Waals surface area contributed by atoms with Gasteiger partial charge in [0.2, 0.25) is 11.8 Å². The smallest absolute Gasteiger partial charge is 0.335 e. The van der Waals surface area contributed by atoms with E-state index in [0.717, 1.165) is 15.7 Å². The van der Waals surface area contributed by atoms with E-state index < -0.39 is 17.1 Å². The van der Waals surface area contributed by atoms with E-state index in [9.17, 15) is 19.5 Å². The molecule has 0 bridgehead atoms. The second-order valence-corrected chi connectivity index (χ2v) is 6.61. The number of aromatic nitrogens is 2. The van der Waals surface area contributed by atoms with Crippen molar-refractivity contribution in [1.82, 2.24) is 9.55 Å². The number of aryl methyl sites for hydroxylation is 2. The lowest BCUT2D eigenvalue weighted by Gasteiger charge is -2.12. The summed E-state index contributed by atoms with van der Waals surface area (Å²) < 4.78 is 1.04. The number of nitrogens with zero attached hydrogens (tertiary/aromatic N) is 2. The Bertz CT molecular complexity index is 1220. The van der Waals surface area contributed by atoms with E-state index in [1.165, 1.54) is 13.1 Å². The zero-order chi connectivity index (χ0) is 21.1. The Morgan fingerprint density at radius 3 is 2.45 bits per heavy atom. The molecule has 148 valence electrons. The molecule has 1 heterocycles. The van der Waals surface area contributed by atoms with Gasteiger partial charge >= 0.3 is 5.69 Å². The Morgan fingerprint density at radius 1 is 1.14 bits per heavy atom. The Balaban J connectivity index is 2.02. The molecule has 0 unspecified atom stereocenters.